The standard InChI is InChI=1S/C23H22F2N4O.CH4O/c24-17-9-5-4-8-16(17)21-18(25)12-19(26)22(29-21)23(30)28-20-13-27-11-10-15(20)14-6-2-1-3-7-14;1-2/h4-5,8-14H,1-3,6-7,26H2,(H,28,30);2H,1H3. The van der Waals surface area contributed by atoms with Gasteiger partial charge in [-0.2, -0.15) is 0 Å². The summed E-state index contributed by atoms with van der Waals surface area (Å²) >= 11 is 0. The van der Waals surface area contributed by atoms with E-state index in [0.717, 1.165) is 44.4 Å². The number of rotatable bonds is 4. The molecule has 0 aliphatic heterocycles. The zero-order chi connectivity index (χ0) is 23.1. The molecule has 1 aliphatic carbocycles. The third kappa shape index (κ3) is 5.08. The fraction of sp³-hybridized carbons (Fsp3) is 0.292. The van der Waals surface area contributed by atoms with Gasteiger partial charge in [0.05, 0.1) is 17.6 Å². The molecule has 1 aromatic carbocycles. The summed E-state index contributed by atoms with van der Waals surface area (Å²) in [5.41, 5.74) is 6.91. The molecule has 4 rings (SSSR count). The fourth-order valence-electron chi connectivity index (χ4n) is 3.99. The molecule has 2 heterocycles. The Balaban J connectivity index is 0.00000141. The smallest absolute Gasteiger partial charge is 0.276 e. The van der Waals surface area contributed by atoms with E-state index in [1.807, 2.05) is 6.07 Å². The average molecular weight is 440 g/mol. The number of nitrogens with zero attached hydrogens (tertiary/aromatic N) is 2. The van der Waals surface area contributed by atoms with E-state index in [4.69, 9.17) is 10.8 Å². The number of nitrogens with two attached hydrogens (primary N) is 1. The number of carbonyl (C=O) groups excluding carboxylic acids is 1. The van der Waals surface area contributed by atoms with E-state index >= 15 is 0 Å². The van der Waals surface area contributed by atoms with Gasteiger partial charge in [-0.1, -0.05) is 31.4 Å². The summed E-state index contributed by atoms with van der Waals surface area (Å²) in [6.07, 6.45) is 8.94. The van der Waals surface area contributed by atoms with Crippen LogP contribution in [0.3, 0.4) is 0 Å². The molecule has 1 fully saturated rings. The summed E-state index contributed by atoms with van der Waals surface area (Å²) in [5, 5.41) is 9.82. The van der Waals surface area contributed by atoms with Crippen LogP contribution in [-0.2, 0) is 0 Å². The van der Waals surface area contributed by atoms with Crippen LogP contribution < -0.4 is 11.1 Å². The largest absolute Gasteiger partial charge is 0.400 e. The first-order valence-electron chi connectivity index (χ1n) is 10.5. The number of amides is 1. The number of halogens is 2. The number of anilines is 2. The van der Waals surface area contributed by atoms with Crippen LogP contribution in [-0.4, -0.2) is 28.1 Å². The molecule has 1 aliphatic rings. The van der Waals surface area contributed by atoms with E-state index in [-0.39, 0.29) is 22.6 Å². The van der Waals surface area contributed by atoms with Crippen molar-refractivity contribution in [2.45, 2.75) is 38.0 Å². The van der Waals surface area contributed by atoms with Crippen LogP contribution in [0.4, 0.5) is 20.2 Å². The van der Waals surface area contributed by atoms with Crippen molar-refractivity contribution in [1.29, 1.82) is 0 Å². The molecule has 6 nitrogen and oxygen atoms in total. The molecule has 1 amide bonds. The van der Waals surface area contributed by atoms with Gasteiger partial charge in [-0.25, -0.2) is 13.8 Å². The Bertz CT molecular complexity index is 1090. The lowest BCUT2D eigenvalue weighted by Crippen LogP contribution is -2.19. The van der Waals surface area contributed by atoms with Crippen molar-refractivity contribution in [2.75, 3.05) is 18.2 Å². The first-order chi connectivity index (χ1) is 15.5. The maximum atomic E-state index is 14.4. The zero-order valence-corrected chi connectivity index (χ0v) is 17.8. The van der Waals surface area contributed by atoms with E-state index in [2.05, 4.69) is 15.3 Å². The van der Waals surface area contributed by atoms with Gasteiger partial charge < -0.3 is 16.2 Å². The molecule has 2 aromatic heterocycles. The van der Waals surface area contributed by atoms with Crippen molar-refractivity contribution in [1.82, 2.24) is 9.97 Å². The van der Waals surface area contributed by atoms with Crippen LogP contribution in [0.25, 0.3) is 11.3 Å². The fourth-order valence-corrected chi connectivity index (χ4v) is 3.99. The third-order valence-electron chi connectivity index (χ3n) is 5.50. The second-order valence-corrected chi connectivity index (χ2v) is 7.49. The van der Waals surface area contributed by atoms with Crippen LogP contribution in [0, 0.1) is 11.6 Å². The van der Waals surface area contributed by atoms with Crippen molar-refractivity contribution < 1.29 is 18.7 Å². The highest BCUT2D eigenvalue weighted by molar-refractivity contribution is 6.06. The molecule has 4 N–H and O–H groups in total. The molecule has 168 valence electrons. The van der Waals surface area contributed by atoms with Gasteiger partial charge in [-0.15, -0.1) is 0 Å². The van der Waals surface area contributed by atoms with Crippen molar-refractivity contribution in [3.05, 3.63) is 71.7 Å². The van der Waals surface area contributed by atoms with Gasteiger partial charge in [-0.05, 0) is 42.5 Å². The monoisotopic (exact) mass is 440 g/mol. The lowest BCUT2D eigenvalue weighted by Gasteiger charge is -2.24. The average Bonchev–Trinajstić information content (AvgIpc) is 2.82. The zero-order valence-electron chi connectivity index (χ0n) is 17.8. The van der Waals surface area contributed by atoms with Crippen LogP contribution in [0.15, 0.2) is 48.8 Å². The van der Waals surface area contributed by atoms with Crippen molar-refractivity contribution in [3.8, 4) is 11.3 Å². The van der Waals surface area contributed by atoms with E-state index in [1.165, 1.54) is 24.6 Å². The molecule has 32 heavy (non-hydrogen) atoms. The topological polar surface area (TPSA) is 101 Å². The minimum absolute atomic E-state index is 0.0340. The highest BCUT2D eigenvalue weighted by Gasteiger charge is 2.22. The molecule has 0 bridgehead atoms. The molecule has 0 spiro atoms. The van der Waals surface area contributed by atoms with Gasteiger partial charge in [0.2, 0.25) is 0 Å². The molecule has 3 aromatic rings. The Morgan fingerprint density at radius 1 is 1.09 bits per heavy atom. The number of pyridine rings is 2. The van der Waals surface area contributed by atoms with Gasteiger partial charge in [0.15, 0.2) is 11.5 Å². The minimum atomic E-state index is -0.793. The van der Waals surface area contributed by atoms with E-state index in [1.54, 1.807) is 18.5 Å². The number of aromatic nitrogens is 2. The summed E-state index contributed by atoms with van der Waals surface area (Å²) in [6.45, 7) is 0. The number of nitrogens with one attached hydrogen (secondary N) is 1. The third-order valence-corrected chi connectivity index (χ3v) is 5.50. The number of hydrogen-bond acceptors (Lipinski definition) is 5. The molecule has 0 atom stereocenters. The van der Waals surface area contributed by atoms with Gasteiger partial charge in [-0.3, -0.25) is 9.78 Å². The van der Waals surface area contributed by atoms with E-state index < -0.39 is 17.5 Å². The Morgan fingerprint density at radius 2 is 1.81 bits per heavy atom. The first kappa shape index (κ1) is 23.3. The molecular weight excluding hydrogens is 414 g/mol. The van der Waals surface area contributed by atoms with E-state index in [9.17, 15) is 13.6 Å². The summed E-state index contributed by atoms with van der Waals surface area (Å²) in [5.74, 6) is -1.66. The molecule has 0 unspecified atom stereocenters. The SMILES string of the molecule is CO.Nc1cc(F)c(-c2ccccc2F)nc1C(=O)Nc1cnccc1C1CCCCC1. The first-order valence-corrected chi connectivity index (χ1v) is 10.5. The Hall–Kier alpha value is -3.39. The Kier molecular flexibility index (Phi) is 7.83. The quantitative estimate of drug-likeness (QED) is 0.535. The number of benzene rings is 1. The van der Waals surface area contributed by atoms with Gasteiger partial charge in [0.1, 0.15) is 11.5 Å². The van der Waals surface area contributed by atoms with Crippen LogP contribution in [0.5, 0.6) is 0 Å². The summed E-state index contributed by atoms with van der Waals surface area (Å²) < 4.78 is 28.6. The number of nitrogen functional groups attached to an aromatic ring is 1. The maximum Gasteiger partial charge on any atom is 0.276 e. The molecular formula is C24H26F2N4O2. The van der Waals surface area contributed by atoms with Crippen molar-refractivity contribution in [3.63, 3.8) is 0 Å². The summed E-state index contributed by atoms with van der Waals surface area (Å²) in [4.78, 5) is 21.1. The number of aliphatic hydroxyl groups is 1. The summed E-state index contributed by atoms with van der Waals surface area (Å²) in [6, 6.07) is 8.59. The number of carbonyl (C=O) groups is 1. The van der Waals surface area contributed by atoms with Gasteiger partial charge in [0.25, 0.3) is 5.91 Å². The van der Waals surface area contributed by atoms with Crippen LogP contribution in [0.1, 0.15) is 54.1 Å². The predicted octanol–water partition coefficient (Wildman–Crippen LogP) is 4.91. The van der Waals surface area contributed by atoms with Crippen LogP contribution in [0.2, 0.25) is 0 Å². The second-order valence-electron chi connectivity index (χ2n) is 7.49. The number of aliphatic hydroxyl groups excluding tert-OH is 1. The van der Waals surface area contributed by atoms with Gasteiger partial charge in [0, 0.05) is 24.9 Å². The van der Waals surface area contributed by atoms with Crippen LogP contribution >= 0.6 is 0 Å². The predicted molar refractivity (Wildman–Crippen MR) is 120 cm³/mol. The highest BCUT2D eigenvalue weighted by Crippen LogP contribution is 2.36. The Labute approximate surface area is 185 Å². The molecule has 0 radical (unpaired) electrons. The normalized spacial score (nSPS) is 13.8. The minimum Gasteiger partial charge on any atom is -0.400 e. The second kappa shape index (κ2) is 10.8. The Morgan fingerprint density at radius 3 is 2.53 bits per heavy atom. The molecule has 1 saturated carbocycles. The molecule has 0 saturated heterocycles. The van der Waals surface area contributed by atoms with Crippen molar-refractivity contribution in [2.24, 2.45) is 0 Å². The summed E-state index contributed by atoms with van der Waals surface area (Å²) in [7, 11) is 1.00. The maximum absolute atomic E-state index is 14.4. The lowest BCUT2D eigenvalue weighted by molar-refractivity contribution is 0.102. The number of hydrogen-bond donors (Lipinski definition) is 3. The van der Waals surface area contributed by atoms with Gasteiger partial charge >= 0.3 is 0 Å². The van der Waals surface area contributed by atoms with Crippen molar-refractivity contribution >= 4 is 17.3 Å². The van der Waals surface area contributed by atoms with E-state index in [0.29, 0.717) is 11.6 Å². The highest BCUT2D eigenvalue weighted by atomic mass is 19.1. The lowest BCUT2D eigenvalue weighted by atomic mass is 9.84. The molecule has 8 heteroatoms.